The minimum Gasteiger partial charge on any atom is -0.305 e. The molecule has 0 aromatic rings. The van der Waals surface area contributed by atoms with Gasteiger partial charge in [-0.15, -0.1) is 0 Å². The predicted molar refractivity (Wildman–Crippen MR) is 23.7 cm³/mol. The lowest BCUT2D eigenvalue weighted by Crippen LogP contribution is -1.92. The van der Waals surface area contributed by atoms with E-state index < -0.39 is 11.1 Å². The fourth-order valence-corrected chi connectivity index (χ4v) is 0.539. The molecule has 0 saturated heterocycles. The quantitative estimate of drug-likeness (QED) is 0.379. The van der Waals surface area contributed by atoms with Crippen LogP contribution >= 0.6 is 0 Å². The molecule has 0 bridgehead atoms. The van der Waals surface area contributed by atoms with E-state index in [4.69, 9.17) is 4.55 Å². The first-order chi connectivity index (χ1) is 2.80. The largest absolute Gasteiger partial charge is 0.305 e. The van der Waals surface area contributed by atoms with E-state index in [1.807, 2.05) is 0 Å². The van der Waals surface area contributed by atoms with E-state index in [1.54, 1.807) is 12.2 Å². The number of hydrogen-bond donors (Lipinski definition) is 1. The summed E-state index contributed by atoms with van der Waals surface area (Å²) in [4.78, 5) is 0. The second kappa shape index (κ2) is 1.17. The third-order valence-electron chi connectivity index (χ3n) is 0.582. The van der Waals surface area contributed by atoms with Gasteiger partial charge in [-0.05, 0) is 0 Å². The molecule has 0 spiro atoms. The molecule has 1 rings (SSSR count). The lowest BCUT2D eigenvalue weighted by atomic mass is 10.9. The molecule has 3 heteroatoms. The van der Waals surface area contributed by atoms with Crippen LogP contribution in [0, 0.1) is 0 Å². The van der Waals surface area contributed by atoms with Crippen LogP contribution in [0.5, 0.6) is 0 Å². The first kappa shape index (κ1) is 4.02. The van der Waals surface area contributed by atoms with Crippen LogP contribution in [-0.4, -0.2) is 14.0 Å². The molecule has 0 fully saturated rings. The summed E-state index contributed by atoms with van der Waals surface area (Å²) in [5.41, 5.74) is 0. The molecular formula is C3H4O2S. The zero-order chi connectivity index (χ0) is 4.57. The number of rotatable bonds is 1. The molecule has 1 unspecified atom stereocenters. The van der Waals surface area contributed by atoms with Crippen molar-refractivity contribution in [3.05, 3.63) is 12.2 Å². The molecule has 0 aromatic heterocycles. The highest BCUT2D eigenvalue weighted by Crippen LogP contribution is 2.10. The highest BCUT2D eigenvalue weighted by Gasteiger charge is 2.15. The molecule has 0 heterocycles. The number of hydrogen-bond acceptors (Lipinski definition) is 1. The average Bonchev–Trinajstić information content (AvgIpc) is 2.06. The molecule has 0 saturated carbocycles. The average molecular weight is 104 g/mol. The van der Waals surface area contributed by atoms with Crippen LogP contribution < -0.4 is 0 Å². The maximum atomic E-state index is 9.81. The van der Waals surface area contributed by atoms with E-state index in [1.165, 1.54) is 0 Å². The summed E-state index contributed by atoms with van der Waals surface area (Å²) in [5, 5.41) is -0.120. The van der Waals surface area contributed by atoms with Crippen molar-refractivity contribution in [1.29, 1.82) is 0 Å². The fraction of sp³-hybridized carbons (Fsp3) is 0.333. The van der Waals surface area contributed by atoms with Gasteiger partial charge in [-0.2, -0.15) is 0 Å². The summed E-state index contributed by atoms with van der Waals surface area (Å²) in [7, 11) is 0. The monoisotopic (exact) mass is 104 g/mol. The lowest BCUT2D eigenvalue weighted by molar-refractivity contribution is 0.565. The summed E-state index contributed by atoms with van der Waals surface area (Å²) in [5.74, 6) is 0. The summed E-state index contributed by atoms with van der Waals surface area (Å²) in [6, 6.07) is 0. The molecule has 1 atom stereocenters. The summed E-state index contributed by atoms with van der Waals surface area (Å²) < 4.78 is 17.9. The van der Waals surface area contributed by atoms with Gasteiger partial charge in [-0.1, -0.05) is 12.2 Å². The van der Waals surface area contributed by atoms with Gasteiger partial charge in [0.15, 0.2) is 11.1 Å². The molecule has 1 N–H and O–H groups in total. The molecule has 6 heavy (non-hydrogen) atoms. The van der Waals surface area contributed by atoms with Crippen molar-refractivity contribution in [1.82, 2.24) is 0 Å². The van der Waals surface area contributed by atoms with Gasteiger partial charge in [0.1, 0.15) is 0 Å². The van der Waals surface area contributed by atoms with E-state index in [2.05, 4.69) is 0 Å². The van der Waals surface area contributed by atoms with Crippen LogP contribution in [0.1, 0.15) is 0 Å². The van der Waals surface area contributed by atoms with Gasteiger partial charge >= 0.3 is 0 Å². The van der Waals surface area contributed by atoms with Crippen LogP contribution in [0.4, 0.5) is 0 Å². The van der Waals surface area contributed by atoms with Crippen molar-refractivity contribution in [3.8, 4) is 0 Å². The van der Waals surface area contributed by atoms with E-state index in [-0.39, 0.29) is 5.25 Å². The van der Waals surface area contributed by atoms with Gasteiger partial charge in [0, 0.05) is 0 Å². The standard InChI is InChI=1S/C3H4O2S/c4-6(5)3-1-2-3/h1-3H,(H,4,5). The van der Waals surface area contributed by atoms with Crippen LogP contribution in [-0.2, 0) is 11.1 Å². The summed E-state index contributed by atoms with van der Waals surface area (Å²) >= 11 is -1.62. The summed E-state index contributed by atoms with van der Waals surface area (Å²) in [6.07, 6.45) is 3.38. The van der Waals surface area contributed by atoms with Crippen molar-refractivity contribution in [3.63, 3.8) is 0 Å². The fourth-order valence-electron chi connectivity index (χ4n) is 0.180. The van der Waals surface area contributed by atoms with Crippen molar-refractivity contribution in [2.45, 2.75) is 5.25 Å². The minimum absolute atomic E-state index is 0.120. The van der Waals surface area contributed by atoms with Gasteiger partial charge in [-0.3, -0.25) is 0 Å². The Balaban J connectivity index is 2.35. The van der Waals surface area contributed by atoms with Crippen molar-refractivity contribution in [2.24, 2.45) is 0 Å². The first-order valence-corrected chi connectivity index (χ1v) is 2.75. The molecular weight excluding hydrogens is 100 g/mol. The van der Waals surface area contributed by atoms with Gasteiger partial charge in [0.2, 0.25) is 0 Å². The third kappa shape index (κ3) is 0.666. The summed E-state index contributed by atoms with van der Waals surface area (Å²) in [6.45, 7) is 0. The first-order valence-electron chi connectivity index (χ1n) is 1.58. The van der Waals surface area contributed by atoms with Crippen LogP contribution in [0.2, 0.25) is 0 Å². The Morgan fingerprint density at radius 2 is 2.17 bits per heavy atom. The normalized spacial score (nSPS) is 24.2. The molecule has 0 aliphatic heterocycles. The Hall–Kier alpha value is -0.150. The predicted octanol–water partition coefficient (Wildman–Crippen LogP) is 0.147. The molecule has 34 valence electrons. The maximum Gasteiger partial charge on any atom is 0.163 e. The van der Waals surface area contributed by atoms with Gasteiger partial charge in [-0.25, -0.2) is 4.21 Å². The van der Waals surface area contributed by atoms with Gasteiger partial charge in [0.25, 0.3) is 0 Å². The molecule has 0 radical (unpaired) electrons. The minimum atomic E-state index is -1.62. The van der Waals surface area contributed by atoms with Crippen molar-refractivity contribution < 1.29 is 8.76 Å². The van der Waals surface area contributed by atoms with E-state index in [9.17, 15) is 4.21 Å². The highest BCUT2D eigenvalue weighted by atomic mass is 32.2. The van der Waals surface area contributed by atoms with Crippen LogP contribution in [0.15, 0.2) is 12.2 Å². The zero-order valence-electron chi connectivity index (χ0n) is 3.00. The molecule has 0 aromatic carbocycles. The highest BCUT2D eigenvalue weighted by molar-refractivity contribution is 7.80. The third-order valence-corrected chi connectivity index (χ3v) is 1.36. The second-order valence-corrected chi connectivity index (χ2v) is 2.22. The molecule has 2 nitrogen and oxygen atoms in total. The maximum absolute atomic E-state index is 9.81. The van der Waals surface area contributed by atoms with Crippen molar-refractivity contribution >= 4 is 11.1 Å². The Bertz CT molecular complexity index is 101. The van der Waals surface area contributed by atoms with Crippen molar-refractivity contribution in [2.75, 3.05) is 0 Å². The Morgan fingerprint density at radius 1 is 1.67 bits per heavy atom. The van der Waals surface area contributed by atoms with Crippen LogP contribution in [0.3, 0.4) is 0 Å². The van der Waals surface area contributed by atoms with E-state index >= 15 is 0 Å². The SMILES string of the molecule is O=S(O)C1C=C1. The molecule has 0 amide bonds. The van der Waals surface area contributed by atoms with E-state index in [0.29, 0.717) is 0 Å². The zero-order valence-corrected chi connectivity index (χ0v) is 3.81. The topological polar surface area (TPSA) is 37.3 Å². The van der Waals surface area contributed by atoms with Gasteiger partial charge in [0.05, 0.1) is 5.25 Å². The smallest absolute Gasteiger partial charge is 0.163 e. The second-order valence-electron chi connectivity index (χ2n) is 1.13. The van der Waals surface area contributed by atoms with E-state index in [0.717, 1.165) is 0 Å². The van der Waals surface area contributed by atoms with Crippen LogP contribution in [0.25, 0.3) is 0 Å². The van der Waals surface area contributed by atoms with Gasteiger partial charge < -0.3 is 4.55 Å². The Labute approximate surface area is 38.2 Å². The Morgan fingerprint density at radius 3 is 2.17 bits per heavy atom. The Kier molecular flexibility index (Phi) is 0.782. The lowest BCUT2D eigenvalue weighted by Gasteiger charge is -1.78. The molecule has 1 aliphatic rings. The molecule has 1 aliphatic carbocycles.